The molecule has 120 valence electrons. The van der Waals surface area contributed by atoms with E-state index in [1.54, 1.807) is 12.3 Å². The van der Waals surface area contributed by atoms with Crippen LogP contribution in [0.4, 0.5) is 0 Å². The van der Waals surface area contributed by atoms with Gasteiger partial charge in [0.25, 0.3) is 0 Å². The van der Waals surface area contributed by atoms with Crippen molar-refractivity contribution in [2.75, 3.05) is 14.1 Å². The van der Waals surface area contributed by atoms with Crippen molar-refractivity contribution in [3.8, 4) is 17.0 Å². The monoisotopic (exact) mass is 331 g/mol. The number of rotatable bonds is 4. The molecule has 0 spiro atoms. The molecule has 1 aromatic carbocycles. The van der Waals surface area contributed by atoms with Gasteiger partial charge in [-0.05, 0) is 18.2 Å². The van der Waals surface area contributed by atoms with Gasteiger partial charge in [0.2, 0.25) is 0 Å². The predicted octanol–water partition coefficient (Wildman–Crippen LogP) is 2.43. The molecule has 0 fully saturated rings. The Balaban J connectivity index is 2.04. The van der Waals surface area contributed by atoms with Gasteiger partial charge in [0.15, 0.2) is 5.75 Å². The van der Waals surface area contributed by atoms with Gasteiger partial charge in [0.1, 0.15) is 0 Å². The first-order valence-electron chi connectivity index (χ1n) is 7.00. The molecule has 2 aromatic heterocycles. The van der Waals surface area contributed by atoms with Crippen LogP contribution in [-0.2, 0) is 17.4 Å². The highest BCUT2D eigenvalue weighted by Gasteiger charge is 2.17. The zero-order valence-corrected chi connectivity index (χ0v) is 13.9. The van der Waals surface area contributed by atoms with Gasteiger partial charge >= 0.3 is 10.3 Å². The number of benzene rings is 1. The summed E-state index contributed by atoms with van der Waals surface area (Å²) in [6.45, 7) is 0. The average Bonchev–Trinajstić information content (AvgIpc) is 2.85. The first kappa shape index (κ1) is 15.5. The van der Waals surface area contributed by atoms with Gasteiger partial charge in [0, 0.05) is 43.8 Å². The molecule has 0 N–H and O–H groups in total. The minimum Gasteiger partial charge on any atom is -0.369 e. The van der Waals surface area contributed by atoms with Gasteiger partial charge in [-0.1, -0.05) is 18.2 Å². The van der Waals surface area contributed by atoms with E-state index in [0.29, 0.717) is 0 Å². The Morgan fingerprint density at radius 3 is 2.57 bits per heavy atom. The van der Waals surface area contributed by atoms with Crippen molar-refractivity contribution in [1.82, 2.24) is 13.9 Å². The van der Waals surface area contributed by atoms with Crippen LogP contribution in [-0.4, -0.2) is 36.4 Å². The lowest BCUT2D eigenvalue weighted by atomic mass is 10.2. The summed E-state index contributed by atoms with van der Waals surface area (Å²) >= 11 is 0. The predicted molar refractivity (Wildman–Crippen MR) is 89.4 cm³/mol. The lowest BCUT2D eigenvalue weighted by Gasteiger charge is -2.12. The first-order valence-corrected chi connectivity index (χ1v) is 8.37. The van der Waals surface area contributed by atoms with Crippen LogP contribution in [0.15, 0.2) is 48.8 Å². The molecule has 0 atom stereocenters. The quantitative estimate of drug-likeness (QED) is 0.736. The van der Waals surface area contributed by atoms with E-state index in [1.807, 2.05) is 41.9 Å². The van der Waals surface area contributed by atoms with E-state index < -0.39 is 10.3 Å². The number of nitrogens with zero attached hydrogens (tertiary/aromatic N) is 3. The maximum absolute atomic E-state index is 11.8. The number of aromatic nitrogens is 2. The molecule has 0 bridgehead atoms. The highest BCUT2D eigenvalue weighted by Crippen LogP contribution is 2.29. The topological polar surface area (TPSA) is 64.4 Å². The second kappa shape index (κ2) is 5.68. The van der Waals surface area contributed by atoms with E-state index in [4.69, 9.17) is 4.18 Å². The molecule has 2 heterocycles. The average molecular weight is 331 g/mol. The maximum atomic E-state index is 11.8. The van der Waals surface area contributed by atoms with E-state index in [2.05, 4.69) is 4.98 Å². The summed E-state index contributed by atoms with van der Waals surface area (Å²) in [6, 6.07) is 11.7. The fourth-order valence-electron chi connectivity index (χ4n) is 2.37. The zero-order valence-electron chi connectivity index (χ0n) is 13.1. The third-order valence-electron chi connectivity index (χ3n) is 3.61. The summed E-state index contributed by atoms with van der Waals surface area (Å²) in [5.74, 6) is 0.182. The normalized spacial score (nSPS) is 12.0. The molecule has 0 unspecified atom stereocenters. The van der Waals surface area contributed by atoms with Crippen molar-refractivity contribution in [2.45, 2.75) is 0 Å². The summed E-state index contributed by atoms with van der Waals surface area (Å²) in [7, 11) is 0.988. The fourth-order valence-corrected chi connectivity index (χ4v) is 2.85. The third-order valence-corrected chi connectivity index (χ3v) is 4.91. The molecule has 23 heavy (non-hydrogen) atoms. The Labute approximate surface area is 135 Å². The minimum atomic E-state index is -3.80. The second-order valence-corrected chi connectivity index (χ2v) is 7.13. The minimum absolute atomic E-state index is 0.182. The van der Waals surface area contributed by atoms with Crippen molar-refractivity contribution < 1.29 is 12.6 Å². The van der Waals surface area contributed by atoms with Crippen LogP contribution in [0.2, 0.25) is 0 Å². The lowest BCUT2D eigenvalue weighted by Crippen LogP contribution is -2.27. The molecule has 0 aliphatic carbocycles. The number of fused-ring (bicyclic) bond motifs is 1. The molecule has 7 heteroatoms. The number of hydrogen-bond acceptors (Lipinski definition) is 4. The Hall–Kier alpha value is -2.38. The van der Waals surface area contributed by atoms with Gasteiger partial charge in [-0.25, -0.2) is 0 Å². The van der Waals surface area contributed by atoms with Crippen molar-refractivity contribution in [3.05, 3.63) is 48.8 Å². The first-order chi connectivity index (χ1) is 10.9. The molecule has 0 aliphatic heterocycles. The van der Waals surface area contributed by atoms with Gasteiger partial charge in [-0.3, -0.25) is 4.98 Å². The second-order valence-electron chi connectivity index (χ2n) is 5.38. The van der Waals surface area contributed by atoms with Gasteiger partial charge in [0.05, 0.1) is 11.9 Å². The molecular weight excluding hydrogens is 314 g/mol. The van der Waals surface area contributed by atoms with Gasteiger partial charge in [-0.15, -0.1) is 0 Å². The summed E-state index contributed by atoms with van der Waals surface area (Å²) < 4.78 is 31.8. The number of para-hydroxylation sites is 1. The summed E-state index contributed by atoms with van der Waals surface area (Å²) in [6.07, 6.45) is 3.07. The summed E-state index contributed by atoms with van der Waals surface area (Å²) in [4.78, 5) is 4.09. The largest absolute Gasteiger partial charge is 0.384 e. The van der Waals surface area contributed by atoms with E-state index in [1.165, 1.54) is 20.3 Å². The highest BCUT2D eigenvalue weighted by molar-refractivity contribution is 7.84. The zero-order chi connectivity index (χ0) is 16.6. The summed E-state index contributed by atoms with van der Waals surface area (Å²) in [5.41, 5.74) is 2.82. The van der Waals surface area contributed by atoms with Crippen molar-refractivity contribution in [1.29, 1.82) is 0 Å². The van der Waals surface area contributed by atoms with Crippen LogP contribution >= 0.6 is 0 Å². The van der Waals surface area contributed by atoms with Crippen molar-refractivity contribution >= 4 is 21.2 Å². The fraction of sp³-hybridized carbons (Fsp3) is 0.188. The smallest absolute Gasteiger partial charge is 0.369 e. The van der Waals surface area contributed by atoms with E-state index >= 15 is 0 Å². The molecule has 0 saturated carbocycles. The number of pyridine rings is 1. The van der Waals surface area contributed by atoms with Gasteiger partial charge in [-0.2, -0.15) is 12.7 Å². The molecule has 0 aliphatic rings. The highest BCUT2D eigenvalue weighted by atomic mass is 32.2. The summed E-state index contributed by atoms with van der Waals surface area (Å²) in [5, 5.41) is 1.11. The maximum Gasteiger partial charge on any atom is 0.384 e. The van der Waals surface area contributed by atoms with Crippen LogP contribution in [0.25, 0.3) is 22.2 Å². The Morgan fingerprint density at radius 2 is 1.87 bits per heavy atom. The Kier molecular flexibility index (Phi) is 3.83. The standard InChI is InChI=1S/C16H17N3O3S/c1-18(2)23(20,21)22-14-8-13(10-17-11-14)16-9-12-6-4-5-7-15(12)19(16)3/h4-11H,1-3H3. The molecular formula is C16H17N3O3S. The van der Waals surface area contributed by atoms with Crippen LogP contribution in [0.5, 0.6) is 5.75 Å². The van der Waals surface area contributed by atoms with Gasteiger partial charge < -0.3 is 8.75 Å². The van der Waals surface area contributed by atoms with Crippen LogP contribution < -0.4 is 4.18 Å². The third kappa shape index (κ3) is 2.93. The van der Waals surface area contributed by atoms with Crippen molar-refractivity contribution in [3.63, 3.8) is 0 Å². The number of aryl methyl sites for hydroxylation is 1. The van der Waals surface area contributed by atoms with Crippen molar-refractivity contribution in [2.24, 2.45) is 7.05 Å². The molecule has 0 saturated heterocycles. The Bertz CT molecular complexity index is 962. The molecule has 3 rings (SSSR count). The molecule has 0 radical (unpaired) electrons. The van der Waals surface area contributed by atoms with E-state index in [-0.39, 0.29) is 5.75 Å². The molecule has 6 nitrogen and oxygen atoms in total. The lowest BCUT2D eigenvalue weighted by molar-refractivity contribution is 0.421. The number of hydrogen-bond donors (Lipinski definition) is 0. The van der Waals surface area contributed by atoms with Crippen LogP contribution in [0.3, 0.4) is 0 Å². The molecule has 0 amide bonds. The molecule has 3 aromatic rings. The SMILES string of the molecule is CN(C)S(=O)(=O)Oc1cncc(-c2cc3ccccc3n2C)c1. The van der Waals surface area contributed by atoms with Crippen LogP contribution in [0.1, 0.15) is 0 Å². The van der Waals surface area contributed by atoms with E-state index in [9.17, 15) is 8.42 Å². The van der Waals surface area contributed by atoms with E-state index in [0.717, 1.165) is 26.5 Å². The Morgan fingerprint density at radius 1 is 1.13 bits per heavy atom. The van der Waals surface area contributed by atoms with Crippen LogP contribution in [0, 0.1) is 0 Å².